The van der Waals surface area contributed by atoms with Crippen LogP contribution in [-0.2, 0) is 6.42 Å². The van der Waals surface area contributed by atoms with Crippen molar-refractivity contribution in [1.29, 1.82) is 0 Å². The first kappa shape index (κ1) is 11.3. The molecule has 0 saturated heterocycles. The van der Waals surface area contributed by atoms with Gasteiger partial charge in [0.1, 0.15) is 0 Å². The van der Waals surface area contributed by atoms with Crippen LogP contribution in [0.15, 0.2) is 30.3 Å². The minimum Gasteiger partial charge on any atom is -0.0622 e. The fourth-order valence-electron chi connectivity index (χ4n) is 1.61. The van der Waals surface area contributed by atoms with Crippen LogP contribution in [0.1, 0.15) is 44.6 Å². The normalized spacial score (nSPS) is 15.5. The summed E-state index contributed by atoms with van der Waals surface area (Å²) in [6.45, 7) is 2.16. The number of hydrogen-bond donors (Lipinski definition) is 0. The molecule has 0 aliphatic heterocycles. The largest absolute Gasteiger partial charge is 0.0622 e. The van der Waals surface area contributed by atoms with Gasteiger partial charge in [-0.15, -0.1) is 0 Å². The molecule has 0 heteroatoms. The van der Waals surface area contributed by atoms with Gasteiger partial charge in [0.05, 0.1) is 0 Å². The van der Waals surface area contributed by atoms with Crippen LogP contribution in [-0.4, -0.2) is 0 Å². The van der Waals surface area contributed by atoms with Crippen molar-refractivity contribution >= 4 is 0 Å². The van der Waals surface area contributed by atoms with Crippen molar-refractivity contribution in [3.8, 4) is 0 Å². The molecule has 2 rings (SSSR count). The molecule has 0 aromatic heterocycles. The summed E-state index contributed by atoms with van der Waals surface area (Å²) in [5, 5.41) is 0. The van der Waals surface area contributed by atoms with Crippen molar-refractivity contribution in [3.63, 3.8) is 0 Å². The van der Waals surface area contributed by atoms with E-state index < -0.39 is 0 Å². The lowest BCUT2D eigenvalue weighted by molar-refractivity contribution is 0.593. The van der Waals surface area contributed by atoms with Gasteiger partial charge in [-0.1, -0.05) is 69.4 Å². The van der Waals surface area contributed by atoms with Gasteiger partial charge in [0.15, 0.2) is 0 Å². The topological polar surface area (TPSA) is 0 Å². The monoisotopic (exact) mass is 189 g/mol. The molecule has 0 heterocycles. The van der Waals surface area contributed by atoms with Crippen LogP contribution in [0.2, 0.25) is 0 Å². The number of rotatable bonds is 1. The third kappa shape index (κ3) is 5.06. The highest BCUT2D eigenvalue weighted by Crippen LogP contribution is 2.14. The molecule has 1 fully saturated rings. The van der Waals surface area contributed by atoms with E-state index in [1.54, 1.807) is 0 Å². The first-order valence-corrected chi connectivity index (χ1v) is 5.79. The zero-order chi connectivity index (χ0) is 10.1. The molecule has 77 valence electrons. The molecule has 0 bridgehead atoms. The lowest BCUT2D eigenvalue weighted by Crippen LogP contribution is -1.87. The molecular weight excluding hydrogens is 168 g/mol. The van der Waals surface area contributed by atoms with Crippen molar-refractivity contribution in [2.45, 2.75) is 45.4 Å². The van der Waals surface area contributed by atoms with Gasteiger partial charge in [0.25, 0.3) is 0 Å². The minimum atomic E-state index is 1.14. The van der Waals surface area contributed by atoms with E-state index in [-0.39, 0.29) is 0 Å². The Morgan fingerprint density at radius 3 is 1.86 bits per heavy atom. The van der Waals surface area contributed by atoms with Crippen LogP contribution in [0.5, 0.6) is 0 Å². The molecule has 1 aromatic rings. The predicted molar refractivity (Wildman–Crippen MR) is 63.2 cm³/mol. The van der Waals surface area contributed by atoms with Crippen LogP contribution in [0.25, 0.3) is 0 Å². The molecule has 14 heavy (non-hydrogen) atoms. The summed E-state index contributed by atoms with van der Waals surface area (Å²) in [7, 11) is 0. The van der Waals surface area contributed by atoms with Gasteiger partial charge in [-0.25, -0.2) is 0 Å². The smallest absolute Gasteiger partial charge is 0.0307 e. The lowest BCUT2D eigenvalue weighted by Gasteiger charge is -2.05. The number of aryl methyl sites for hydroxylation is 1. The highest BCUT2D eigenvalue weighted by atomic mass is 14.0. The summed E-state index contributed by atoms with van der Waals surface area (Å²) in [6, 6.07) is 10.5. The van der Waals surface area contributed by atoms with Gasteiger partial charge in [0.2, 0.25) is 0 Å². The van der Waals surface area contributed by atoms with Gasteiger partial charge >= 0.3 is 0 Å². The van der Waals surface area contributed by atoms with Crippen molar-refractivity contribution in [2.24, 2.45) is 0 Å². The van der Waals surface area contributed by atoms with E-state index in [4.69, 9.17) is 0 Å². The molecule has 0 unspecified atom stereocenters. The molecule has 1 radical (unpaired) electrons. The molecule has 0 N–H and O–H groups in total. The minimum absolute atomic E-state index is 1.14. The van der Waals surface area contributed by atoms with E-state index >= 15 is 0 Å². The van der Waals surface area contributed by atoms with Crippen LogP contribution in [0, 0.1) is 6.42 Å². The van der Waals surface area contributed by atoms with Crippen molar-refractivity contribution in [1.82, 2.24) is 0 Å². The van der Waals surface area contributed by atoms with E-state index in [1.807, 2.05) is 6.07 Å². The Bertz CT molecular complexity index is 197. The van der Waals surface area contributed by atoms with Crippen LogP contribution >= 0.6 is 0 Å². The van der Waals surface area contributed by atoms with E-state index in [0.29, 0.717) is 0 Å². The second-order valence-corrected chi connectivity index (χ2v) is 3.77. The Hall–Kier alpha value is -0.780. The molecule has 1 aromatic carbocycles. The van der Waals surface area contributed by atoms with Crippen molar-refractivity contribution in [3.05, 3.63) is 42.3 Å². The summed E-state index contributed by atoms with van der Waals surface area (Å²) in [4.78, 5) is 0. The second kappa shape index (κ2) is 7.61. The fourth-order valence-corrected chi connectivity index (χ4v) is 1.61. The average molecular weight is 189 g/mol. The Morgan fingerprint density at radius 1 is 0.929 bits per heavy atom. The van der Waals surface area contributed by atoms with Gasteiger partial charge in [0, 0.05) is 0 Å². The maximum atomic E-state index is 2.39. The van der Waals surface area contributed by atoms with Gasteiger partial charge in [-0.3, -0.25) is 0 Å². The van der Waals surface area contributed by atoms with E-state index in [0.717, 1.165) is 6.42 Å². The third-order valence-corrected chi connectivity index (χ3v) is 2.57. The Morgan fingerprint density at radius 2 is 1.57 bits per heavy atom. The third-order valence-electron chi connectivity index (χ3n) is 2.57. The van der Waals surface area contributed by atoms with Gasteiger partial charge in [-0.2, -0.15) is 0 Å². The summed E-state index contributed by atoms with van der Waals surface area (Å²) in [5.74, 6) is 0. The molecule has 1 aliphatic rings. The number of hydrogen-bond acceptors (Lipinski definition) is 0. The maximum Gasteiger partial charge on any atom is -0.0307 e. The second-order valence-electron chi connectivity index (χ2n) is 3.77. The molecule has 0 amide bonds. The van der Waals surface area contributed by atoms with Crippen LogP contribution in [0.3, 0.4) is 0 Å². The standard InChI is InChI=1S/C8H10.C6H11/c1-2-8-6-4-3-5-7-8;1-2-4-6-5-3-1/h3-7H,2H2,1H3;1H,2-6H2. The van der Waals surface area contributed by atoms with Gasteiger partial charge in [-0.05, 0) is 18.4 Å². The zero-order valence-corrected chi connectivity index (χ0v) is 9.21. The molecule has 1 aliphatic carbocycles. The first-order valence-electron chi connectivity index (χ1n) is 5.79. The predicted octanol–water partition coefficient (Wildman–Crippen LogP) is 4.40. The fraction of sp³-hybridized carbons (Fsp3) is 0.500. The Balaban J connectivity index is 0.000000146. The van der Waals surface area contributed by atoms with Crippen molar-refractivity contribution < 1.29 is 0 Å². The van der Waals surface area contributed by atoms with E-state index in [1.165, 1.54) is 37.7 Å². The van der Waals surface area contributed by atoms with Crippen LogP contribution < -0.4 is 0 Å². The quantitative estimate of drug-likeness (QED) is 0.614. The summed E-state index contributed by atoms with van der Waals surface area (Å²) in [5.41, 5.74) is 1.41. The molecular formula is C14H21. The lowest BCUT2D eigenvalue weighted by atomic mass is 10.0. The number of benzene rings is 1. The molecule has 0 nitrogen and oxygen atoms in total. The molecule has 0 spiro atoms. The summed E-state index contributed by atoms with van der Waals surface area (Å²) in [6.07, 6.45) is 10.6. The highest BCUT2D eigenvalue weighted by molar-refractivity contribution is 5.13. The zero-order valence-electron chi connectivity index (χ0n) is 9.21. The average Bonchev–Trinajstić information content (AvgIpc) is 2.33. The summed E-state index contributed by atoms with van der Waals surface area (Å²) >= 11 is 0. The van der Waals surface area contributed by atoms with Gasteiger partial charge < -0.3 is 0 Å². The van der Waals surface area contributed by atoms with Crippen LogP contribution in [0.4, 0.5) is 0 Å². The SMILES string of the molecule is CCc1ccccc1.[CH]1CCCCC1. The Kier molecular flexibility index (Phi) is 6.14. The van der Waals surface area contributed by atoms with E-state index in [2.05, 4.69) is 37.6 Å². The van der Waals surface area contributed by atoms with Crippen molar-refractivity contribution in [2.75, 3.05) is 0 Å². The molecule has 0 atom stereocenters. The summed E-state index contributed by atoms with van der Waals surface area (Å²) < 4.78 is 0. The Labute approximate surface area is 88.4 Å². The first-order chi connectivity index (χ1) is 6.93. The molecule has 1 saturated carbocycles. The van der Waals surface area contributed by atoms with E-state index in [9.17, 15) is 0 Å². The maximum absolute atomic E-state index is 2.39. The highest BCUT2D eigenvalue weighted by Gasteiger charge is 1.95.